The van der Waals surface area contributed by atoms with E-state index in [9.17, 15) is 0 Å². The average molecular weight is 387 g/mol. The summed E-state index contributed by atoms with van der Waals surface area (Å²) in [4.78, 5) is 1.58. The first-order valence-electron chi connectivity index (χ1n) is 10.4. The van der Waals surface area contributed by atoms with Gasteiger partial charge in [0.2, 0.25) is 0 Å². The van der Waals surface area contributed by atoms with Crippen LogP contribution in [0.4, 0.5) is 22.7 Å². The number of nitrogens with one attached hydrogen (secondary N) is 3. The molecular formula is C23H40N5+. The van der Waals surface area contributed by atoms with Crippen LogP contribution in [0.5, 0.6) is 0 Å². The van der Waals surface area contributed by atoms with Crippen molar-refractivity contribution in [3.8, 4) is 0 Å². The number of quaternary nitrogens is 1. The summed E-state index contributed by atoms with van der Waals surface area (Å²) in [7, 11) is 2.23. The molecule has 0 spiro atoms. The van der Waals surface area contributed by atoms with Crippen molar-refractivity contribution in [2.45, 2.75) is 40.5 Å². The van der Waals surface area contributed by atoms with Crippen molar-refractivity contribution in [1.29, 1.82) is 0 Å². The zero-order valence-electron chi connectivity index (χ0n) is 18.4. The molecule has 0 saturated heterocycles. The van der Waals surface area contributed by atoms with Gasteiger partial charge in [-0.1, -0.05) is 6.92 Å². The molecule has 0 aliphatic rings. The third-order valence-corrected chi connectivity index (χ3v) is 4.77. The lowest BCUT2D eigenvalue weighted by molar-refractivity contribution is -0.877. The fourth-order valence-electron chi connectivity index (χ4n) is 2.82. The molecule has 0 aliphatic carbocycles. The summed E-state index contributed by atoms with van der Waals surface area (Å²) in [6, 6.07) is 11.9. The molecular weight excluding hydrogens is 346 g/mol. The predicted molar refractivity (Wildman–Crippen MR) is 125 cm³/mol. The SMILES string of the molecule is CCCNc1ccc(N)cc1C.CC[NH+](C)CCCNc1ccc(N)cc1C. The maximum atomic E-state index is 5.71. The smallest absolute Gasteiger partial charge is 0.0785 e. The zero-order chi connectivity index (χ0) is 20.9. The topological polar surface area (TPSA) is 80.5 Å². The second-order valence-corrected chi connectivity index (χ2v) is 7.42. The Morgan fingerprint density at radius 3 is 1.75 bits per heavy atom. The number of anilines is 4. The van der Waals surface area contributed by atoms with Crippen LogP contribution in [0.15, 0.2) is 36.4 Å². The van der Waals surface area contributed by atoms with Gasteiger partial charge in [0.15, 0.2) is 0 Å². The van der Waals surface area contributed by atoms with Crippen LogP contribution in [-0.2, 0) is 0 Å². The van der Waals surface area contributed by atoms with E-state index in [-0.39, 0.29) is 0 Å². The van der Waals surface area contributed by atoms with Crippen LogP contribution in [0.2, 0.25) is 0 Å². The molecule has 0 radical (unpaired) electrons. The summed E-state index contributed by atoms with van der Waals surface area (Å²) >= 11 is 0. The van der Waals surface area contributed by atoms with Crippen molar-refractivity contribution in [3.63, 3.8) is 0 Å². The molecule has 1 unspecified atom stereocenters. The van der Waals surface area contributed by atoms with E-state index >= 15 is 0 Å². The van der Waals surface area contributed by atoms with Gasteiger partial charge in [0.1, 0.15) is 0 Å². The Morgan fingerprint density at radius 2 is 1.32 bits per heavy atom. The first-order chi connectivity index (χ1) is 13.4. The standard InChI is InChI=1S/C13H23N3.C10H16N2/c1-4-16(3)9-5-8-15-13-7-6-12(14)10-11(13)2;1-3-6-12-10-5-4-9(11)7-8(10)2/h6-7,10,15H,4-5,8-9,14H2,1-3H3;4-5,7,12H,3,6,11H2,1-2H3/p+1. The van der Waals surface area contributed by atoms with E-state index < -0.39 is 0 Å². The number of aryl methyl sites for hydroxylation is 2. The Balaban J connectivity index is 0.000000292. The van der Waals surface area contributed by atoms with E-state index in [0.29, 0.717) is 0 Å². The third-order valence-electron chi connectivity index (χ3n) is 4.77. The van der Waals surface area contributed by atoms with E-state index in [0.717, 1.165) is 30.9 Å². The quantitative estimate of drug-likeness (QED) is 0.338. The molecule has 0 aliphatic heterocycles. The summed E-state index contributed by atoms with van der Waals surface area (Å²) in [6.45, 7) is 13.0. The number of benzene rings is 2. The van der Waals surface area contributed by atoms with Crippen molar-refractivity contribution in [2.24, 2.45) is 0 Å². The minimum atomic E-state index is 0.828. The molecule has 28 heavy (non-hydrogen) atoms. The minimum Gasteiger partial charge on any atom is -0.399 e. The Morgan fingerprint density at radius 1 is 0.821 bits per heavy atom. The highest BCUT2D eigenvalue weighted by molar-refractivity contribution is 5.58. The van der Waals surface area contributed by atoms with E-state index in [1.54, 1.807) is 4.90 Å². The van der Waals surface area contributed by atoms with Crippen molar-refractivity contribution >= 4 is 22.7 Å². The van der Waals surface area contributed by atoms with Crippen LogP contribution < -0.4 is 27.0 Å². The number of hydrogen-bond acceptors (Lipinski definition) is 4. The summed E-state index contributed by atoms with van der Waals surface area (Å²) in [5.41, 5.74) is 17.8. The molecule has 0 amide bonds. The molecule has 2 aromatic rings. The van der Waals surface area contributed by atoms with Gasteiger partial charge in [-0.25, -0.2) is 0 Å². The molecule has 5 nitrogen and oxygen atoms in total. The highest BCUT2D eigenvalue weighted by atomic mass is 15.1. The van der Waals surface area contributed by atoms with Gasteiger partial charge in [0, 0.05) is 42.3 Å². The highest BCUT2D eigenvalue weighted by Gasteiger charge is 2.00. The number of nitrogen functional groups attached to an aromatic ring is 2. The molecule has 2 aromatic carbocycles. The molecule has 0 heterocycles. The fourth-order valence-corrected chi connectivity index (χ4v) is 2.82. The Bertz CT molecular complexity index is 699. The molecule has 7 N–H and O–H groups in total. The largest absolute Gasteiger partial charge is 0.399 e. The van der Waals surface area contributed by atoms with Gasteiger partial charge < -0.3 is 27.0 Å². The van der Waals surface area contributed by atoms with Crippen molar-refractivity contribution in [3.05, 3.63) is 47.5 Å². The molecule has 156 valence electrons. The second kappa shape index (κ2) is 12.9. The van der Waals surface area contributed by atoms with E-state index in [1.165, 1.54) is 42.0 Å². The van der Waals surface area contributed by atoms with Gasteiger partial charge in [-0.15, -0.1) is 0 Å². The molecule has 0 aromatic heterocycles. The summed E-state index contributed by atoms with van der Waals surface area (Å²) < 4.78 is 0. The molecule has 1 atom stereocenters. The molecule has 0 bridgehead atoms. The summed E-state index contributed by atoms with van der Waals surface area (Å²) in [5, 5.41) is 6.78. The third kappa shape index (κ3) is 9.00. The molecule has 0 fully saturated rings. The van der Waals surface area contributed by atoms with Gasteiger partial charge in [-0.3, -0.25) is 0 Å². The lowest BCUT2D eigenvalue weighted by Gasteiger charge is -2.13. The van der Waals surface area contributed by atoms with Crippen molar-refractivity contribution in [2.75, 3.05) is 55.3 Å². The monoisotopic (exact) mass is 386 g/mol. The highest BCUT2D eigenvalue weighted by Crippen LogP contribution is 2.18. The summed E-state index contributed by atoms with van der Waals surface area (Å²) in [6.07, 6.45) is 2.34. The van der Waals surface area contributed by atoms with Crippen LogP contribution in [0, 0.1) is 13.8 Å². The van der Waals surface area contributed by atoms with Gasteiger partial charge in [0.25, 0.3) is 0 Å². The summed E-state index contributed by atoms with van der Waals surface area (Å²) in [5.74, 6) is 0. The minimum absolute atomic E-state index is 0.828. The van der Waals surface area contributed by atoms with Gasteiger partial charge in [-0.05, 0) is 74.7 Å². The van der Waals surface area contributed by atoms with E-state index in [1.807, 2.05) is 30.3 Å². The maximum Gasteiger partial charge on any atom is 0.0785 e. The first-order valence-corrected chi connectivity index (χ1v) is 10.4. The average Bonchev–Trinajstić information content (AvgIpc) is 2.66. The van der Waals surface area contributed by atoms with E-state index in [4.69, 9.17) is 11.5 Å². The Labute approximate surface area is 171 Å². The second-order valence-electron chi connectivity index (χ2n) is 7.42. The predicted octanol–water partition coefficient (Wildman–Crippen LogP) is 3.31. The number of nitrogens with two attached hydrogens (primary N) is 2. The van der Waals surface area contributed by atoms with E-state index in [2.05, 4.69) is 51.4 Å². The Hall–Kier alpha value is -2.40. The van der Waals surface area contributed by atoms with Crippen molar-refractivity contribution in [1.82, 2.24) is 0 Å². The number of rotatable bonds is 9. The molecule has 5 heteroatoms. The Kier molecular flexibility index (Phi) is 10.9. The van der Waals surface area contributed by atoms with Crippen LogP contribution in [0.3, 0.4) is 0 Å². The molecule has 0 saturated carbocycles. The number of hydrogen-bond donors (Lipinski definition) is 5. The van der Waals surface area contributed by atoms with Crippen LogP contribution in [-0.4, -0.2) is 33.2 Å². The first kappa shape index (κ1) is 23.6. The molecule has 2 rings (SSSR count). The maximum absolute atomic E-state index is 5.71. The fraction of sp³-hybridized carbons (Fsp3) is 0.478. The van der Waals surface area contributed by atoms with Crippen LogP contribution >= 0.6 is 0 Å². The van der Waals surface area contributed by atoms with Crippen LogP contribution in [0.25, 0.3) is 0 Å². The lowest BCUT2D eigenvalue weighted by Crippen LogP contribution is -3.08. The lowest BCUT2D eigenvalue weighted by atomic mass is 10.2. The normalized spacial score (nSPS) is 11.3. The van der Waals surface area contributed by atoms with Gasteiger partial charge in [0.05, 0.1) is 20.1 Å². The van der Waals surface area contributed by atoms with Gasteiger partial charge in [-0.2, -0.15) is 0 Å². The zero-order valence-corrected chi connectivity index (χ0v) is 18.4. The van der Waals surface area contributed by atoms with Gasteiger partial charge >= 0.3 is 0 Å². The van der Waals surface area contributed by atoms with Crippen LogP contribution in [0.1, 0.15) is 37.8 Å². The van der Waals surface area contributed by atoms with Crippen molar-refractivity contribution < 1.29 is 4.90 Å².